The molecular formula is C24H19NO2S. The number of aliphatic imine (C=N–C) groups is 1. The molecule has 1 atom stereocenters. The minimum Gasteiger partial charge on any atom is -0.464 e. The molecule has 4 heteroatoms. The van der Waals surface area contributed by atoms with Crippen LogP contribution in [0.3, 0.4) is 0 Å². The third-order valence-corrected chi connectivity index (χ3v) is 6.88. The molecule has 5 rings (SSSR count). The van der Waals surface area contributed by atoms with Crippen molar-refractivity contribution in [2.24, 2.45) is 4.99 Å². The normalized spacial score (nSPS) is 18.5. The number of ether oxygens (including phenoxy) is 1. The van der Waals surface area contributed by atoms with Gasteiger partial charge in [-0.1, -0.05) is 90.6 Å². The van der Waals surface area contributed by atoms with Crippen molar-refractivity contribution in [3.05, 3.63) is 95.6 Å². The molecule has 0 saturated heterocycles. The van der Waals surface area contributed by atoms with Gasteiger partial charge in [0.25, 0.3) is 0 Å². The van der Waals surface area contributed by atoms with Crippen molar-refractivity contribution in [1.29, 1.82) is 0 Å². The van der Waals surface area contributed by atoms with E-state index in [1.54, 1.807) is 11.8 Å². The molecule has 3 nitrogen and oxygen atoms in total. The van der Waals surface area contributed by atoms with E-state index < -0.39 is 10.8 Å². The summed E-state index contributed by atoms with van der Waals surface area (Å²) in [5, 5.41) is 0.880. The third-order valence-electron chi connectivity index (χ3n) is 5.36. The first-order valence-corrected chi connectivity index (χ1v) is 10.3. The maximum Gasteiger partial charge on any atom is 0.333 e. The Balaban J connectivity index is 1.75. The van der Waals surface area contributed by atoms with E-state index in [1.165, 1.54) is 11.1 Å². The molecule has 0 fully saturated rings. The van der Waals surface area contributed by atoms with E-state index in [4.69, 9.17) is 9.73 Å². The third kappa shape index (κ3) is 2.38. The van der Waals surface area contributed by atoms with Crippen LogP contribution in [0.25, 0.3) is 11.1 Å². The predicted octanol–water partition coefficient (Wildman–Crippen LogP) is 5.04. The number of rotatable bonds is 3. The highest BCUT2D eigenvalue weighted by Gasteiger charge is 2.57. The number of hydrogen-bond acceptors (Lipinski definition) is 4. The second-order valence-electron chi connectivity index (χ2n) is 6.88. The lowest BCUT2D eigenvalue weighted by Crippen LogP contribution is -2.39. The lowest BCUT2D eigenvalue weighted by Gasteiger charge is -2.30. The summed E-state index contributed by atoms with van der Waals surface area (Å²) < 4.78 is 4.87. The average molecular weight is 385 g/mol. The number of carbonyl (C=O) groups is 1. The molecule has 1 aliphatic heterocycles. The van der Waals surface area contributed by atoms with Crippen molar-refractivity contribution in [2.45, 2.75) is 17.7 Å². The Labute approximate surface area is 168 Å². The van der Waals surface area contributed by atoms with Gasteiger partial charge in [0.15, 0.2) is 6.04 Å². The molecule has 0 N–H and O–H groups in total. The summed E-state index contributed by atoms with van der Waals surface area (Å²) in [4.78, 5) is 18.0. The van der Waals surface area contributed by atoms with Crippen LogP contribution in [0.15, 0.2) is 83.9 Å². The summed E-state index contributed by atoms with van der Waals surface area (Å²) >= 11 is 1.67. The lowest BCUT2D eigenvalue weighted by atomic mass is 9.88. The predicted molar refractivity (Wildman–Crippen MR) is 114 cm³/mol. The van der Waals surface area contributed by atoms with Crippen LogP contribution in [0.1, 0.15) is 23.6 Å². The molecule has 3 aromatic carbocycles. The summed E-state index contributed by atoms with van der Waals surface area (Å²) in [5.41, 5.74) is 5.64. The molecule has 0 radical (unpaired) electrons. The van der Waals surface area contributed by atoms with Crippen LogP contribution in [0, 0.1) is 0 Å². The van der Waals surface area contributed by atoms with Crippen LogP contribution in [0.2, 0.25) is 0 Å². The first-order chi connectivity index (χ1) is 13.8. The molecule has 3 aromatic rings. The number of nitrogens with zero attached hydrogens (tertiary/aromatic N) is 1. The second kappa shape index (κ2) is 6.64. The average Bonchev–Trinajstić information content (AvgIpc) is 3.28. The Bertz CT molecular complexity index is 1050. The monoisotopic (exact) mass is 385 g/mol. The minimum atomic E-state index is -0.613. The molecule has 0 aromatic heterocycles. The molecule has 2 aliphatic rings. The molecule has 1 spiro atoms. The van der Waals surface area contributed by atoms with Crippen LogP contribution in [0.5, 0.6) is 0 Å². The van der Waals surface area contributed by atoms with Crippen LogP contribution in [-0.2, 0) is 14.3 Å². The smallest absolute Gasteiger partial charge is 0.333 e. The first-order valence-electron chi connectivity index (χ1n) is 9.44. The van der Waals surface area contributed by atoms with Gasteiger partial charge in [0, 0.05) is 5.56 Å². The van der Waals surface area contributed by atoms with E-state index in [0.717, 1.165) is 21.7 Å². The van der Waals surface area contributed by atoms with Gasteiger partial charge in [0.05, 0.1) is 6.61 Å². The van der Waals surface area contributed by atoms with E-state index >= 15 is 0 Å². The van der Waals surface area contributed by atoms with Crippen LogP contribution >= 0.6 is 11.8 Å². The Morgan fingerprint density at radius 1 is 0.929 bits per heavy atom. The van der Waals surface area contributed by atoms with Gasteiger partial charge in [0.1, 0.15) is 9.79 Å². The lowest BCUT2D eigenvalue weighted by molar-refractivity contribution is -0.145. The summed E-state index contributed by atoms with van der Waals surface area (Å²) in [6, 6.07) is 26.1. The largest absolute Gasteiger partial charge is 0.464 e. The molecule has 0 saturated carbocycles. The van der Waals surface area contributed by atoms with Gasteiger partial charge in [-0.25, -0.2) is 4.79 Å². The fourth-order valence-electron chi connectivity index (χ4n) is 4.23. The summed E-state index contributed by atoms with van der Waals surface area (Å²) in [6.45, 7) is 2.18. The standard InChI is InChI=1S/C24H19NO2S/c1-2-27-23(26)21-24(28-22(25-21)16-10-4-3-5-11-16)19-14-8-6-12-17(19)18-13-7-9-15-20(18)24/h3-15,21H,2H2,1H3. The fourth-order valence-corrected chi connectivity index (χ4v) is 5.78. The van der Waals surface area contributed by atoms with Crippen molar-refractivity contribution >= 4 is 22.8 Å². The van der Waals surface area contributed by atoms with Gasteiger partial charge in [-0.3, -0.25) is 4.99 Å². The second-order valence-corrected chi connectivity index (χ2v) is 8.12. The van der Waals surface area contributed by atoms with E-state index in [0.29, 0.717) is 6.61 Å². The van der Waals surface area contributed by atoms with Crippen molar-refractivity contribution in [3.63, 3.8) is 0 Å². The Morgan fingerprint density at radius 2 is 1.50 bits per heavy atom. The van der Waals surface area contributed by atoms with E-state index in [1.807, 2.05) is 61.5 Å². The highest BCUT2D eigenvalue weighted by atomic mass is 32.2. The number of carbonyl (C=O) groups excluding carboxylic acids is 1. The van der Waals surface area contributed by atoms with E-state index in [-0.39, 0.29) is 5.97 Å². The quantitative estimate of drug-likeness (QED) is 0.593. The van der Waals surface area contributed by atoms with Crippen molar-refractivity contribution < 1.29 is 9.53 Å². The van der Waals surface area contributed by atoms with Crippen molar-refractivity contribution in [1.82, 2.24) is 0 Å². The minimum absolute atomic E-state index is 0.271. The van der Waals surface area contributed by atoms with Crippen molar-refractivity contribution in [2.75, 3.05) is 6.61 Å². The van der Waals surface area contributed by atoms with Gasteiger partial charge in [-0.2, -0.15) is 0 Å². The van der Waals surface area contributed by atoms with Crippen molar-refractivity contribution in [3.8, 4) is 11.1 Å². The number of fused-ring (bicyclic) bond motifs is 5. The molecular weight excluding hydrogens is 366 g/mol. The van der Waals surface area contributed by atoms with Gasteiger partial charge in [0.2, 0.25) is 0 Å². The first kappa shape index (κ1) is 17.3. The molecule has 1 heterocycles. The van der Waals surface area contributed by atoms with Crippen LogP contribution in [0.4, 0.5) is 0 Å². The number of benzene rings is 3. The van der Waals surface area contributed by atoms with Gasteiger partial charge >= 0.3 is 5.97 Å². The van der Waals surface area contributed by atoms with Gasteiger partial charge in [-0.05, 0) is 29.2 Å². The number of thioether (sulfide) groups is 1. The fraction of sp³-hybridized carbons (Fsp3) is 0.167. The summed E-state index contributed by atoms with van der Waals surface area (Å²) in [7, 11) is 0. The zero-order valence-electron chi connectivity index (χ0n) is 15.5. The molecule has 138 valence electrons. The van der Waals surface area contributed by atoms with E-state index in [9.17, 15) is 4.79 Å². The molecule has 0 bridgehead atoms. The highest BCUT2D eigenvalue weighted by molar-refractivity contribution is 8.15. The Kier molecular flexibility index (Phi) is 4.09. The Hall–Kier alpha value is -2.85. The van der Waals surface area contributed by atoms with Gasteiger partial charge in [-0.15, -0.1) is 0 Å². The number of hydrogen-bond donors (Lipinski definition) is 0. The molecule has 1 aliphatic carbocycles. The zero-order valence-corrected chi connectivity index (χ0v) is 16.3. The molecule has 1 unspecified atom stereocenters. The highest BCUT2D eigenvalue weighted by Crippen LogP contribution is 2.61. The van der Waals surface area contributed by atoms with Crippen LogP contribution in [-0.4, -0.2) is 23.7 Å². The Morgan fingerprint density at radius 3 is 2.11 bits per heavy atom. The molecule has 28 heavy (non-hydrogen) atoms. The SMILES string of the molecule is CCOC(=O)C1N=C(c2ccccc2)SC12c1ccccc1-c1ccccc12. The maximum atomic E-state index is 13.1. The zero-order chi connectivity index (χ0) is 19.1. The topological polar surface area (TPSA) is 38.7 Å². The number of esters is 1. The summed E-state index contributed by atoms with van der Waals surface area (Å²) in [5.74, 6) is -0.271. The summed E-state index contributed by atoms with van der Waals surface area (Å²) in [6.07, 6.45) is 0. The van der Waals surface area contributed by atoms with Gasteiger partial charge < -0.3 is 4.74 Å². The maximum absolute atomic E-state index is 13.1. The molecule has 0 amide bonds. The van der Waals surface area contributed by atoms with E-state index in [2.05, 4.69) is 24.3 Å². The van der Waals surface area contributed by atoms with Crippen LogP contribution < -0.4 is 0 Å².